The Morgan fingerprint density at radius 3 is 1.08 bits per heavy atom. The van der Waals surface area contributed by atoms with E-state index < -0.39 is 0 Å². The number of hydrogen-bond donors (Lipinski definition) is 0. The average Bonchev–Trinajstić information content (AvgIpc) is 2.30. The molecule has 0 N–H and O–H groups in total. The van der Waals surface area contributed by atoms with Crippen LogP contribution < -0.4 is 0 Å². The lowest BCUT2D eigenvalue weighted by molar-refractivity contribution is 0.364. The molecule has 0 saturated carbocycles. The van der Waals surface area contributed by atoms with Gasteiger partial charge in [-0.15, -0.1) is 0 Å². The molecule has 0 unspecified atom stereocenters. The third kappa shape index (κ3) is 35.7. The van der Waals surface area contributed by atoms with Crippen molar-refractivity contribution >= 4 is 23.5 Å². The number of hydrogen-bond acceptors (Lipinski definition) is 2. The largest absolute Gasteiger partial charge is 0.156 e. The van der Waals surface area contributed by atoms with Gasteiger partial charge < -0.3 is 0 Å². The van der Waals surface area contributed by atoms with E-state index in [2.05, 4.69) is 107 Å². The fourth-order valence-electron chi connectivity index (χ4n) is 2.12. The summed E-state index contributed by atoms with van der Waals surface area (Å²) >= 11 is 4.16. The first-order chi connectivity index (χ1) is 10.9. The van der Waals surface area contributed by atoms with Gasteiger partial charge in [-0.05, 0) is 48.0 Å². The molecule has 162 valence electrons. The predicted octanol–water partition coefficient (Wildman–Crippen LogP) is 9.71. The maximum atomic E-state index is 2.32. The lowest BCUT2D eigenvalue weighted by Crippen LogP contribution is -2.10. The summed E-state index contributed by atoms with van der Waals surface area (Å²) in [5, 5.41) is 0. The van der Waals surface area contributed by atoms with Crippen molar-refractivity contribution in [1.29, 1.82) is 0 Å². The van der Waals surface area contributed by atoms with E-state index in [1.165, 1.54) is 43.6 Å². The van der Waals surface area contributed by atoms with Crippen LogP contribution in [-0.4, -0.2) is 21.0 Å². The van der Waals surface area contributed by atoms with Crippen molar-refractivity contribution in [3.05, 3.63) is 0 Å². The van der Waals surface area contributed by atoms with E-state index >= 15 is 0 Å². The Morgan fingerprint density at radius 1 is 0.462 bits per heavy atom. The number of unbranched alkanes of at least 4 members (excludes halogenated alkanes) is 1. The molecule has 0 atom stereocenters. The van der Waals surface area contributed by atoms with Crippen LogP contribution in [0.1, 0.15) is 123 Å². The molecule has 0 saturated heterocycles. The Kier molecular flexibility index (Phi) is 16.7. The molecule has 0 spiro atoms. The molecule has 2 heteroatoms. The molecule has 0 aromatic heterocycles. The van der Waals surface area contributed by atoms with E-state index in [9.17, 15) is 0 Å². The van der Waals surface area contributed by atoms with Crippen molar-refractivity contribution in [2.24, 2.45) is 10.8 Å². The molecule has 0 nitrogen and oxygen atoms in total. The van der Waals surface area contributed by atoms with Crippen molar-refractivity contribution in [3.63, 3.8) is 0 Å². The second kappa shape index (κ2) is 13.8. The van der Waals surface area contributed by atoms with E-state index in [-0.39, 0.29) is 7.43 Å². The van der Waals surface area contributed by atoms with Gasteiger partial charge in [0.2, 0.25) is 0 Å². The predicted molar refractivity (Wildman–Crippen MR) is 133 cm³/mol. The Labute approximate surface area is 177 Å². The standard InChI is InChI=1S/C12H26S.C11H24S.CH4/c1-11(2,3)9-7-8-10-13-12(4,5)6;1-10(2,3)8-7-9-12-11(4,5)6;/h7-10H2,1-6H3;7-9H2,1-6H3;1H4. The van der Waals surface area contributed by atoms with Gasteiger partial charge in [0.05, 0.1) is 0 Å². The molecule has 0 aromatic rings. The summed E-state index contributed by atoms with van der Waals surface area (Å²) in [7, 11) is 0. The molecule has 0 radical (unpaired) electrons. The fraction of sp³-hybridized carbons (Fsp3) is 1.00. The van der Waals surface area contributed by atoms with Crippen LogP contribution in [0.5, 0.6) is 0 Å². The van der Waals surface area contributed by atoms with Crippen LogP contribution in [-0.2, 0) is 0 Å². The monoisotopic (exact) mass is 406 g/mol. The minimum absolute atomic E-state index is 0. The van der Waals surface area contributed by atoms with E-state index in [1.807, 2.05) is 0 Å². The smallest absolute Gasteiger partial charge is 0.00750 e. The van der Waals surface area contributed by atoms with Crippen molar-refractivity contribution in [3.8, 4) is 0 Å². The molecular formula is C24H54S2. The van der Waals surface area contributed by atoms with E-state index in [4.69, 9.17) is 0 Å². The molecule has 26 heavy (non-hydrogen) atoms. The third-order valence-electron chi connectivity index (χ3n) is 3.46. The Morgan fingerprint density at radius 2 is 0.769 bits per heavy atom. The summed E-state index contributed by atoms with van der Waals surface area (Å²) in [4.78, 5) is 0. The van der Waals surface area contributed by atoms with Crippen LogP contribution in [0.25, 0.3) is 0 Å². The zero-order chi connectivity index (χ0) is 20.4. The summed E-state index contributed by atoms with van der Waals surface area (Å²) in [5.74, 6) is 2.63. The summed E-state index contributed by atoms with van der Waals surface area (Å²) in [6, 6.07) is 0. The van der Waals surface area contributed by atoms with E-state index in [0.717, 1.165) is 0 Å². The van der Waals surface area contributed by atoms with Gasteiger partial charge in [-0.1, -0.05) is 96.9 Å². The summed E-state index contributed by atoms with van der Waals surface area (Å²) in [5.41, 5.74) is 1.03. The quantitative estimate of drug-likeness (QED) is 0.386. The lowest BCUT2D eigenvalue weighted by Gasteiger charge is -2.21. The Balaban J connectivity index is -0.000000393. The normalized spacial score (nSPS) is 12.9. The van der Waals surface area contributed by atoms with Gasteiger partial charge in [0, 0.05) is 9.49 Å². The van der Waals surface area contributed by atoms with Crippen molar-refractivity contribution in [2.45, 2.75) is 132 Å². The van der Waals surface area contributed by atoms with E-state index in [1.54, 1.807) is 0 Å². The molecule has 0 bridgehead atoms. The maximum absolute atomic E-state index is 2.32. The van der Waals surface area contributed by atoms with Crippen LogP contribution in [0.4, 0.5) is 0 Å². The highest BCUT2D eigenvalue weighted by molar-refractivity contribution is 8.00. The zero-order valence-electron chi connectivity index (χ0n) is 19.8. The van der Waals surface area contributed by atoms with Crippen LogP contribution in [0, 0.1) is 10.8 Å². The topological polar surface area (TPSA) is 0 Å². The molecule has 0 aromatic carbocycles. The second-order valence-electron chi connectivity index (χ2n) is 11.6. The maximum Gasteiger partial charge on any atom is 0.00750 e. The number of thioether (sulfide) groups is 2. The van der Waals surface area contributed by atoms with Crippen molar-refractivity contribution in [2.75, 3.05) is 11.5 Å². The molecule has 0 amide bonds. The second-order valence-corrected chi connectivity index (χ2v) is 15.4. The lowest BCUT2D eigenvalue weighted by atomic mass is 9.90. The number of rotatable bonds is 7. The highest BCUT2D eigenvalue weighted by atomic mass is 32.2. The summed E-state index contributed by atoms with van der Waals surface area (Å²) in [6.07, 6.45) is 6.81. The van der Waals surface area contributed by atoms with Gasteiger partial charge >= 0.3 is 0 Å². The minimum Gasteiger partial charge on any atom is -0.156 e. The van der Waals surface area contributed by atoms with Gasteiger partial charge in [0.15, 0.2) is 0 Å². The van der Waals surface area contributed by atoms with Crippen LogP contribution in [0.15, 0.2) is 0 Å². The summed E-state index contributed by atoms with van der Waals surface area (Å²) < 4.78 is 0.889. The van der Waals surface area contributed by atoms with Crippen LogP contribution in [0.2, 0.25) is 0 Å². The van der Waals surface area contributed by atoms with Crippen molar-refractivity contribution in [1.82, 2.24) is 0 Å². The minimum atomic E-state index is 0. The van der Waals surface area contributed by atoms with Crippen LogP contribution in [0.3, 0.4) is 0 Å². The Bertz CT molecular complexity index is 273. The van der Waals surface area contributed by atoms with Crippen LogP contribution >= 0.6 is 23.5 Å². The SMILES string of the molecule is C.CC(C)(C)CCCCSC(C)(C)C.CC(C)(C)CCCSC(C)(C)C. The molecule has 0 heterocycles. The van der Waals surface area contributed by atoms with Gasteiger partial charge in [0.1, 0.15) is 0 Å². The molecule has 0 aliphatic carbocycles. The summed E-state index contributed by atoms with van der Waals surface area (Å²) in [6.45, 7) is 27.7. The Hall–Kier alpha value is 0.700. The molecule has 0 rings (SSSR count). The highest BCUT2D eigenvalue weighted by Gasteiger charge is 2.13. The molecule has 0 fully saturated rings. The third-order valence-corrected chi connectivity index (χ3v) is 6.18. The highest BCUT2D eigenvalue weighted by Crippen LogP contribution is 2.28. The van der Waals surface area contributed by atoms with Gasteiger partial charge in [0.25, 0.3) is 0 Å². The molecule has 0 aliphatic heterocycles. The fourth-order valence-corrected chi connectivity index (χ4v) is 3.98. The molecule has 0 aliphatic rings. The van der Waals surface area contributed by atoms with Gasteiger partial charge in [-0.3, -0.25) is 0 Å². The first-order valence-corrected chi connectivity index (χ1v) is 12.2. The van der Waals surface area contributed by atoms with Gasteiger partial charge in [-0.2, -0.15) is 23.5 Å². The van der Waals surface area contributed by atoms with Gasteiger partial charge in [-0.25, -0.2) is 0 Å². The first-order valence-electron chi connectivity index (χ1n) is 10.2. The molecular weight excluding hydrogens is 352 g/mol. The average molecular weight is 407 g/mol. The van der Waals surface area contributed by atoms with Crippen molar-refractivity contribution < 1.29 is 0 Å². The first kappa shape index (κ1) is 31.4. The zero-order valence-corrected chi connectivity index (χ0v) is 21.4. The van der Waals surface area contributed by atoms with E-state index in [0.29, 0.717) is 20.3 Å².